The zero-order valence-electron chi connectivity index (χ0n) is 12.3. The number of hydrogen-bond acceptors (Lipinski definition) is 2. The van der Waals surface area contributed by atoms with Crippen LogP contribution in [-0.2, 0) is 6.54 Å². The highest BCUT2D eigenvalue weighted by Gasteiger charge is 2.16. The van der Waals surface area contributed by atoms with Gasteiger partial charge in [0.1, 0.15) is 5.82 Å². The molecule has 2 nitrogen and oxygen atoms in total. The lowest BCUT2D eigenvalue weighted by Crippen LogP contribution is -2.24. The largest absolute Gasteiger partial charge is 0.294 e. The van der Waals surface area contributed by atoms with Gasteiger partial charge in [-0.1, -0.05) is 25.1 Å². The van der Waals surface area contributed by atoms with Gasteiger partial charge in [0.05, 0.1) is 11.7 Å². The van der Waals surface area contributed by atoms with Crippen LogP contribution in [0, 0.1) is 12.7 Å². The summed E-state index contributed by atoms with van der Waals surface area (Å²) >= 11 is 0. The van der Waals surface area contributed by atoms with Gasteiger partial charge in [0.25, 0.3) is 0 Å². The van der Waals surface area contributed by atoms with Crippen LogP contribution >= 0.6 is 0 Å². The molecule has 106 valence electrons. The Balaban J connectivity index is 2.13. The molecule has 0 aliphatic carbocycles. The van der Waals surface area contributed by atoms with Crippen molar-refractivity contribution in [1.82, 2.24) is 9.88 Å². The van der Waals surface area contributed by atoms with E-state index in [9.17, 15) is 4.39 Å². The van der Waals surface area contributed by atoms with E-state index in [1.165, 1.54) is 0 Å². The van der Waals surface area contributed by atoms with Crippen molar-refractivity contribution in [1.29, 1.82) is 0 Å². The number of rotatable bonds is 5. The Kier molecular flexibility index (Phi) is 4.85. The Bertz CT molecular complexity index is 554. The van der Waals surface area contributed by atoms with E-state index in [4.69, 9.17) is 0 Å². The third kappa shape index (κ3) is 3.42. The third-order valence-corrected chi connectivity index (χ3v) is 3.60. The van der Waals surface area contributed by atoms with Crippen LogP contribution in [-0.4, -0.2) is 16.9 Å². The van der Waals surface area contributed by atoms with E-state index in [-0.39, 0.29) is 11.9 Å². The van der Waals surface area contributed by atoms with Crippen molar-refractivity contribution < 1.29 is 4.39 Å². The van der Waals surface area contributed by atoms with Gasteiger partial charge in [0, 0.05) is 12.7 Å². The predicted octanol–water partition coefficient (Wildman–Crippen LogP) is 4.11. The molecule has 1 aromatic heterocycles. The third-order valence-electron chi connectivity index (χ3n) is 3.60. The first-order valence-corrected chi connectivity index (χ1v) is 6.98. The van der Waals surface area contributed by atoms with Crippen LogP contribution in [0.15, 0.2) is 42.6 Å². The Labute approximate surface area is 120 Å². The van der Waals surface area contributed by atoms with Gasteiger partial charge >= 0.3 is 0 Å². The first kappa shape index (κ1) is 14.7. The number of pyridine rings is 1. The predicted molar refractivity (Wildman–Crippen MR) is 79.9 cm³/mol. The molecule has 1 atom stereocenters. The molecule has 0 aliphatic rings. The van der Waals surface area contributed by atoms with Gasteiger partial charge < -0.3 is 0 Å². The quantitative estimate of drug-likeness (QED) is 0.814. The first-order valence-electron chi connectivity index (χ1n) is 6.98. The molecule has 3 heteroatoms. The zero-order valence-corrected chi connectivity index (χ0v) is 12.3. The van der Waals surface area contributed by atoms with Crippen LogP contribution in [0.1, 0.15) is 36.2 Å². The molecular formula is C17H21FN2. The van der Waals surface area contributed by atoms with Gasteiger partial charge in [-0.2, -0.15) is 0 Å². The Morgan fingerprint density at radius 2 is 2.05 bits per heavy atom. The highest BCUT2D eigenvalue weighted by atomic mass is 19.1. The lowest BCUT2D eigenvalue weighted by molar-refractivity contribution is 0.226. The molecule has 2 aromatic rings. The number of aromatic nitrogens is 1. The first-order chi connectivity index (χ1) is 9.61. The van der Waals surface area contributed by atoms with Gasteiger partial charge in [-0.05, 0) is 49.7 Å². The molecule has 0 aliphatic heterocycles. The molecule has 0 radical (unpaired) electrons. The van der Waals surface area contributed by atoms with Crippen molar-refractivity contribution in [2.45, 2.75) is 32.9 Å². The molecular weight excluding hydrogens is 251 g/mol. The number of hydrogen-bond donors (Lipinski definition) is 0. The topological polar surface area (TPSA) is 16.1 Å². The van der Waals surface area contributed by atoms with Crippen molar-refractivity contribution in [3.63, 3.8) is 0 Å². The zero-order chi connectivity index (χ0) is 14.5. The second kappa shape index (κ2) is 6.62. The maximum atomic E-state index is 13.3. The fourth-order valence-electron chi connectivity index (χ4n) is 2.52. The number of halogens is 1. The molecule has 2 rings (SSSR count). The van der Waals surface area contributed by atoms with Crippen molar-refractivity contribution in [2.75, 3.05) is 7.05 Å². The normalized spacial score (nSPS) is 12.7. The van der Waals surface area contributed by atoms with Crippen molar-refractivity contribution in [2.24, 2.45) is 0 Å². The molecule has 0 amide bonds. The summed E-state index contributed by atoms with van der Waals surface area (Å²) in [7, 11) is 2.08. The second-order valence-corrected chi connectivity index (χ2v) is 5.18. The van der Waals surface area contributed by atoms with Crippen LogP contribution in [0.5, 0.6) is 0 Å². The van der Waals surface area contributed by atoms with E-state index in [1.807, 2.05) is 30.5 Å². The Morgan fingerprint density at radius 3 is 2.65 bits per heavy atom. The fourth-order valence-corrected chi connectivity index (χ4v) is 2.52. The van der Waals surface area contributed by atoms with Gasteiger partial charge in [-0.15, -0.1) is 0 Å². The van der Waals surface area contributed by atoms with E-state index in [0.29, 0.717) is 5.56 Å². The van der Waals surface area contributed by atoms with Crippen LogP contribution in [0.3, 0.4) is 0 Å². The average Bonchev–Trinajstić information content (AvgIpc) is 2.45. The summed E-state index contributed by atoms with van der Waals surface area (Å²) in [5.74, 6) is -0.145. The number of aryl methyl sites for hydroxylation is 1. The highest BCUT2D eigenvalue weighted by molar-refractivity contribution is 5.24. The number of benzene rings is 1. The SMILES string of the molecule is CC[C@H](c1ccccn1)N(C)Cc1ccc(F)c(C)c1. The summed E-state index contributed by atoms with van der Waals surface area (Å²) < 4.78 is 13.3. The van der Waals surface area contributed by atoms with E-state index >= 15 is 0 Å². The second-order valence-electron chi connectivity index (χ2n) is 5.18. The minimum absolute atomic E-state index is 0.145. The molecule has 0 N–H and O–H groups in total. The van der Waals surface area contributed by atoms with E-state index in [2.05, 4.69) is 29.9 Å². The van der Waals surface area contributed by atoms with Gasteiger partial charge in [-0.25, -0.2) is 4.39 Å². The van der Waals surface area contributed by atoms with E-state index < -0.39 is 0 Å². The fraction of sp³-hybridized carbons (Fsp3) is 0.353. The summed E-state index contributed by atoms with van der Waals surface area (Å²) in [6.07, 6.45) is 2.82. The molecule has 1 heterocycles. The van der Waals surface area contributed by atoms with Crippen molar-refractivity contribution >= 4 is 0 Å². The van der Waals surface area contributed by atoms with E-state index in [0.717, 1.165) is 24.2 Å². The highest BCUT2D eigenvalue weighted by Crippen LogP contribution is 2.23. The van der Waals surface area contributed by atoms with Gasteiger partial charge in [-0.3, -0.25) is 9.88 Å². The summed E-state index contributed by atoms with van der Waals surface area (Å²) in [5, 5.41) is 0. The minimum Gasteiger partial charge on any atom is -0.294 e. The minimum atomic E-state index is -0.145. The Hall–Kier alpha value is -1.74. The smallest absolute Gasteiger partial charge is 0.126 e. The van der Waals surface area contributed by atoms with Crippen LogP contribution in [0.2, 0.25) is 0 Å². The average molecular weight is 272 g/mol. The molecule has 20 heavy (non-hydrogen) atoms. The molecule has 0 spiro atoms. The molecule has 0 saturated heterocycles. The standard InChI is InChI=1S/C17H21FN2/c1-4-17(16-7-5-6-10-19-16)20(3)12-14-8-9-15(18)13(2)11-14/h5-11,17H,4,12H2,1-3H3/t17-/m1/s1. The van der Waals surface area contributed by atoms with E-state index in [1.54, 1.807) is 13.0 Å². The summed E-state index contributed by atoms with van der Waals surface area (Å²) in [5.41, 5.74) is 2.90. The van der Waals surface area contributed by atoms with Crippen molar-refractivity contribution in [3.05, 3.63) is 65.2 Å². The lowest BCUT2D eigenvalue weighted by atomic mass is 10.1. The van der Waals surface area contributed by atoms with Crippen LogP contribution in [0.25, 0.3) is 0 Å². The summed E-state index contributed by atoms with van der Waals surface area (Å²) in [6, 6.07) is 11.6. The Morgan fingerprint density at radius 1 is 1.25 bits per heavy atom. The van der Waals surface area contributed by atoms with Crippen molar-refractivity contribution in [3.8, 4) is 0 Å². The molecule has 0 bridgehead atoms. The summed E-state index contributed by atoms with van der Waals surface area (Å²) in [4.78, 5) is 6.70. The lowest BCUT2D eigenvalue weighted by Gasteiger charge is -2.26. The molecule has 0 saturated carbocycles. The maximum absolute atomic E-state index is 13.3. The molecule has 1 aromatic carbocycles. The van der Waals surface area contributed by atoms with Crippen LogP contribution < -0.4 is 0 Å². The molecule has 0 fully saturated rings. The summed E-state index contributed by atoms with van der Waals surface area (Å²) in [6.45, 7) is 4.75. The number of nitrogens with zero attached hydrogens (tertiary/aromatic N) is 2. The molecule has 0 unspecified atom stereocenters. The maximum Gasteiger partial charge on any atom is 0.126 e. The van der Waals surface area contributed by atoms with Gasteiger partial charge in [0.15, 0.2) is 0 Å². The van der Waals surface area contributed by atoms with Crippen LogP contribution in [0.4, 0.5) is 4.39 Å². The monoisotopic (exact) mass is 272 g/mol. The van der Waals surface area contributed by atoms with Gasteiger partial charge in [0.2, 0.25) is 0 Å².